The summed E-state index contributed by atoms with van der Waals surface area (Å²) >= 11 is 0. The van der Waals surface area contributed by atoms with E-state index >= 15 is 0 Å². The molecule has 0 aliphatic heterocycles. The van der Waals surface area contributed by atoms with Crippen molar-refractivity contribution in [3.8, 4) is 5.75 Å². The lowest BCUT2D eigenvalue weighted by Crippen LogP contribution is -2.07. The predicted octanol–water partition coefficient (Wildman–Crippen LogP) is 2.65. The van der Waals surface area contributed by atoms with Gasteiger partial charge in [-0.3, -0.25) is 0 Å². The average molecular weight is 178 g/mol. The zero-order valence-corrected chi connectivity index (χ0v) is 7.32. The Bertz CT molecular complexity index is 318. The van der Waals surface area contributed by atoms with Gasteiger partial charge in [-0.15, -0.1) is 0 Å². The summed E-state index contributed by atoms with van der Waals surface area (Å²) in [5.74, 6) is 0.495. The summed E-state index contributed by atoms with van der Waals surface area (Å²) in [5, 5.41) is 0. The quantitative estimate of drug-likeness (QED) is 0.396. The summed E-state index contributed by atoms with van der Waals surface area (Å²) in [4.78, 5) is 10.8. The van der Waals surface area contributed by atoms with E-state index in [1.165, 1.54) is 0 Å². The number of aryl methyl sites for hydroxylation is 1. The highest BCUT2D eigenvalue weighted by molar-refractivity contribution is 5.64. The van der Waals surface area contributed by atoms with Crippen LogP contribution >= 0.6 is 0 Å². The first-order valence-electron chi connectivity index (χ1n) is 3.79. The second-order valence-corrected chi connectivity index (χ2v) is 2.40. The van der Waals surface area contributed by atoms with Gasteiger partial charge in [0, 0.05) is 0 Å². The Morgan fingerprint density at radius 3 is 2.77 bits per heavy atom. The molecule has 1 aromatic rings. The highest BCUT2D eigenvalue weighted by Crippen LogP contribution is 2.16. The molecular weight excluding hydrogens is 168 g/mol. The van der Waals surface area contributed by atoms with Crippen LogP contribution in [0, 0.1) is 6.92 Å². The molecule has 0 aliphatic rings. The fourth-order valence-electron chi connectivity index (χ4n) is 0.853. The second kappa shape index (κ2) is 4.30. The van der Waals surface area contributed by atoms with Gasteiger partial charge in [-0.1, -0.05) is 24.8 Å². The zero-order valence-electron chi connectivity index (χ0n) is 7.32. The molecule has 0 radical (unpaired) electrons. The average Bonchev–Trinajstić information content (AvgIpc) is 2.09. The number of ether oxygens (including phenoxy) is 2. The highest BCUT2D eigenvalue weighted by Gasteiger charge is 2.05. The Hall–Kier alpha value is -1.77. The van der Waals surface area contributed by atoms with Gasteiger partial charge in [0.05, 0.1) is 6.26 Å². The monoisotopic (exact) mass is 178 g/mol. The third kappa shape index (κ3) is 2.63. The van der Waals surface area contributed by atoms with Crippen LogP contribution in [0.5, 0.6) is 5.75 Å². The molecule has 0 aromatic heterocycles. The summed E-state index contributed by atoms with van der Waals surface area (Å²) in [6.07, 6.45) is 0.255. The number of rotatable bonds is 2. The highest BCUT2D eigenvalue weighted by atomic mass is 16.7. The largest absolute Gasteiger partial charge is 0.518 e. The van der Waals surface area contributed by atoms with Gasteiger partial charge in [-0.25, -0.2) is 4.79 Å². The number of hydrogen-bond donors (Lipinski definition) is 0. The van der Waals surface area contributed by atoms with Crippen LogP contribution in [0.2, 0.25) is 0 Å². The number of benzene rings is 1. The van der Waals surface area contributed by atoms with Crippen molar-refractivity contribution in [2.75, 3.05) is 0 Å². The smallest absolute Gasteiger partial charge is 0.403 e. The Morgan fingerprint density at radius 1 is 1.46 bits per heavy atom. The molecule has 1 rings (SSSR count). The molecule has 68 valence electrons. The fourth-order valence-corrected chi connectivity index (χ4v) is 0.853. The normalized spacial score (nSPS) is 9.00. The van der Waals surface area contributed by atoms with Crippen molar-refractivity contribution in [1.29, 1.82) is 0 Å². The Labute approximate surface area is 76.6 Å². The van der Waals surface area contributed by atoms with E-state index in [0.717, 1.165) is 11.8 Å². The van der Waals surface area contributed by atoms with Gasteiger partial charge in [0.2, 0.25) is 0 Å². The summed E-state index contributed by atoms with van der Waals surface area (Å²) in [6, 6.07) is 7.18. The SMILES string of the molecule is C=COC(=O)Oc1ccccc1C. The minimum absolute atomic E-state index is 0.495. The first kappa shape index (κ1) is 9.32. The van der Waals surface area contributed by atoms with Gasteiger partial charge in [-0.05, 0) is 18.6 Å². The van der Waals surface area contributed by atoms with Crippen LogP contribution in [0.1, 0.15) is 5.56 Å². The standard InChI is InChI=1S/C10H10O3/c1-3-12-10(11)13-9-7-5-4-6-8(9)2/h3-7H,1H2,2H3. The maximum Gasteiger partial charge on any atom is 0.518 e. The van der Waals surface area contributed by atoms with Gasteiger partial charge in [0.15, 0.2) is 0 Å². The molecule has 3 nitrogen and oxygen atoms in total. The molecule has 13 heavy (non-hydrogen) atoms. The lowest BCUT2D eigenvalue weighted by molar-refractivity contribution is 0.135. The Kier molecular flexibility index (Phi) is 3.09. The molecule has 0 saturated heterocycles. The summed E-state index contributed by atoms with van der Waals surface area (Å²) in [5.41, 5.74) is 0.878. The van der Waals surface area contributed by atoms with Gasteiger partial charge in [0.25, 0.3) is 0 Å². The molecule has 0 saturated carbocycles. The maximum atomic E-state index is 10.8. The Morgan fingerprint density at radius 2 is 2.15 bits per heavy atom. The van der Waals surface area contributed by atoms with E-state index in [4.69, 9.17) is 4.74 Å². The van der Waals surface area contributed by atoms with Crippen LogP contribution in [0.15, 0.2) is 37.1 Å². The van der Waals surface area contributed by atoms with E-state index in [-0.39, 0.29) is 0 Å². The third-order valence-electron chi connectivity index (χ3n) is 1.47. The lowest BCUT2D eigenvalue weighted by Gasteiger charge is -2.04. The van der Waals surface area contributed by atoms with Crippen LogP contribution in [0.25, 0.3) is 0 Å². The summed E-state index contributed by atoms with van der Waals surface area (Å²) in [6.45, 7) is 5.09. The van der Waals surface area contributed by atoms with Crippen LogP contribution in [0.4, 0.5) is 4.79 Å². The molecule has 0 aliphatic carbocycles. The molecule has 0 spiro atoms. The van der Waals surface area contributed by atoms with E-state index in [1.807, 2.05) is 19.1 Å². The number of carbonyl (C=O) groups excluding carboxylic acids is 1. The van der Waals surface area contributed by atoms with Gasteiger partial charge in [-0.2, -0.15) is 0 Å². The van der Waals surface area contributed by atoms with Crippen molar-refractivity contribution in [2.24, 2.45) is 0 Å². The second-order valence-electron chi connectivity index (χ2n) is 2.40. The van der Waals surface area contributed by atoms with E-state index in [1.54, 1.807) is 12.1 Å². The molecule has 0 fully saturated rings. The Balaban J connectivity index is 2.68. The molecule has 0 bridgehead atoms. The summed E-state index contributed by atoms with van der Waals surface area (Å²) < 4.78 is 9.26. The first-order chi connectivity index (χ1) is 6.24. The van der Waals surface area contributed by atoms with E-state index in [9.17, 15) is 4.79 Å². The molecule has 0 unspecified atom stereocenters. The minimum atomic E-state index is -0.774. The van der Waals surface area contributed by atoms with Crippen LogP contribution in [-0.2, 0) is 4.74 Å². The number of carbonyl (C=O) groups is 1. The first-order valence-corrected chi connectivity index (χ1v) is 3.79. The molecule has 1 aromatic carbocycles. The minimum Gasteiger partial charge on any atom is -0.403 e. The molecule has 0 N–H and O–H groups in total. The van der Waals surface area contributed by atoms with Crippen molar-refractivity contribution >= 4 is 6.16 Å². The molecule has 3 heteroatoms. The van der Waals surface area contributed by atoms with Gasteiger partial charge >= 0.3 is 6.16 Å². The number of para-hydroxylation sites is 1. The molecule has 0 heterocycles. The maximum absolute atomic E-state index is 10.8. The van der Waals surface area contributed by atoms with Crippen LogP contribution in [0.3, 0.4) is 0 Å². The fraction of sp³-hybridized carbons (Fsp3) is 0.100. The lowest BCUT2D eigenvalue weighted by atomic mass is 10.2. The van der Waals surface area contributed by atoms with Gasteiger partial charge < -0.3 is 9.47 Å². The zero-order chi connectivity index (χ0) is 9.68. The van der Waals surface area contributed by atoms with Crippen molar-refractivity contribution in [3.63, 3.8) is 0 Å². The third-order valence-corrected chi connectivity index (χ3v) is 1.47. The molecule has 0 amide bonds. The predicted molar refractivity (Wildman–Crippen MR) is 48.5 cm³/mol. The summed E-state index contributed by atoms with van der Waals surface area (Å²) in [7, 11) is 0. The van der Waals surface area contributed by atoms with E-state index < -0.39 is 6.16 Å². The molecular formula is C10H10O3. The van der Waals surface area contributed by atoms with Crippen molar-refractivity contribution < 1.29 is 14.3 Å². The van der Waals surface area contributed by atoms with Crippen molar-refractivity contribution in [2.45, 2.75) is 6.92 Å². The molecule has 0 atom stereocenters. The van der Waals surface area contributed by atoms with Crippen LogP contribution in [-0.4, -0.2) is 6.16 Å². The van der Waals surface area contributed by atoms with Crippen molar-refractivity contribution in [3.05, 3.63) is 42.7 Å². The van der Waals surface area contributed by atoms with Gasteiger partial charge in [0.1, 0.15) is 5.75 Å². The van der Waals surface area contributed by atoms with E-state index in [0.29, 0.717) is 5.75 Å². The van der Waals surface area contributed by atoms with E-state index in [2.05, 4.69) is 11.3 Å². The van der Waals surface area contributed by atoms with Crippen LogP contribution < -0.4 is 4.74 Å². The number of hydrogen-bond acceptors (Lipinski definition) is 3. The van der Waals surface area contributed by atoms with Crippen molar-refractivity contribution in [1.82, 2.24) is 0 Å². The topological polar surface area (TPSA) is 35.5 Å².